The molecule has 2 nitrogen and oxygen atoms in total. The van der Waals surface area contributed by atoms with Crippen LogP contribution in [0.15, 0.2) is 22.6 Å². The van der Waals surface area contributed by atoms with Crippen LogP contribution in [0.1, 0.15) is 39.5 Å². The lowest BCUT2D eigenvalue weighted by molar-refractivity contribution is -0.137. The van der Waals surface area contributed by atoms with Crippen LogP contribution in [0.5, 0.6) is 0 Å². The zero-order valence-electron chi connectivity index (χ0n) is 10.1. The third-order valence-corrected chi connectivity index (χ3v) is 3.72. The standard InChI is InChI=1S/C13H20O2S/c1-3-15-13(14)12-11(2)9-7-5-4-6-8-10-16-12/h7,9H,3-6,8,10H2,1-2H3/b9-7-,12-11-. The molecule has 0 radical (unpaired) electrons. The van der Waals surface area contributed by atoms with Gasteiger partial charge in [-0.2, -0.15) is 0 Å². The number of hydrogen-bond acceptors (Lipinski definition) is 3. The highest BCUT2D eigenvalue weighted by Gasteiger charge is 2.13. The highest BCUT2D eigenvalue weighted by atomic mass is 32.2. The average Bonchev–Trinajstić information content (AvgIpc) is 2.27. The Morgan fingerprint density at radius 1 is 1.44 bits per heavy atom. The Balaban J connectivity index is 2.78. The van der Waals surface area contributed by atoms with Crippen LogP contribution in [-0.4, -0.2) is 18.3 Å². The summed E-state index contributed by atoms with van der Waals surface area (Å²) in [5.74, 6) is 0.842. The van der Waals surface area contributed by atoms with E-state index < -0.39 is 0 Å². The van der Waals surface area contributed by atoms with E-state index in [1.54, 1.807) is 11.8 Å². The van der Waals surface area contributed by atoms with Gasteiger partial charge in [-0.1, -0.05) is 18.6 Å². The van der Waals surface area contributed by atoms with Gasteiger partial charge in [-0.3, -0.25) is 0 Å². The van der Waals surface area contributed by atoms with E-state index in [0.717, 1.165) is 22.7 Å². The fourth-order valence-electron chi connectivity index (χ4n) is 1.58. The minimum Gasteiger partial charge on any atom is -0.462 e. The molecule has 0 amide bonds. The summed E-state index contributed by atoms with van der Waals surface area (Å²) >= 11 is 1.63. The van der Waals surface area contributed by atoms with Crippen LogP contribution < -0.4 is 0 Å². The van der Waals surface area contributed by atoms with E-state index in [9.17, 15) is 4.79 Å². The average molecular weight is 240 g/mol. The lowest BCUT2D eigenvalue weighted by Gasteiger charge is -2.10. The van der Waals surface area contributed by atoms with E-state index in [2.05, 4.69) is 6.08 Å². The molecule has 0 aromatic rings. The molecule has 0 N–H and O–H groups in total. The summed E-state index contributed by atoms with van der Waals surface area (Å²) in [4.78, 5) is 12.5. The van der Waals surface area contributed by atoms with Gasteiger partial charge in [-0.05, 0) is 44.4 Å². The van der Waals surface area contributed by atoms with Crippen LogP contribution in [0.3, 0.4) is 0 Å². The van der Waals surface area contributed by atoms with Crippen LogP contribution in [0, 0.1) is 0 Å². The van der Waals surface area contributed by atoms with Gasteiger partial charge in [0.25, 0.3) is 0 Å². The molecule has 0 aliphatic carbocycles. The number of hydrogen-bond donors (Lipinski definition) is 0. The fraction of sp³-hybridized carbons (Fsp3) is 0.615. The number of esters is 1. The van der Waals surface area contributed by atoms with Gasteiger partial charge in [0.2, 0.25) is 0 Å². The maximum Gasteiger partial charge on any atom is 0.344 e. The van der Waals surface area contributed by atoms with Crippen molar-refractivity contribution in [1.29, 1.82) is 0 Å². The Morgan fingerprint density at radius 2 is 2.25 bits per heavy atom. The summed E-state index contributed by atoms with van der Waals surface area (Å²) < 4.78 is 5.07. The van der Waals surface area contributed by atoms with Crippen molar-refractivity contribution in [2.24, 2.45) is 0 Å². The van der Waals surface area contributed by atoms with Crippen molar-refractivity contribution in [1.82, 2.24) is 0 Å². The summed E-state index contributed by atoms with van der Waals surface area (Å²) in [5.41, 5.74) is 1.03. The van der Waals surface area contributed by atoms with E-state index in [0.29, 0.717) is 6.61 Å². The molecule has 1 aliphatic rings. The summed E-state index contributed by atoms with van der Waals surface area (Å²) in [6.45, 7) is 4.27. The summed E-state index contributed by atoms with van der Waals surface area (Å²) in [6.07, 6.45) is 8.98. The van der Waals surface area contributed by atoms with E-state index in [-0.39, 0.29) is 5.97 Å². The molecule has 0 fully saturated rings. The largest absolute Gasteiger partial charge is 0.462 e. The van der Waals surface area contributed by atoms with Gasteiger partial charge in [0.1, 0.15) is 0 Å². The Kier molecular flexibility index (Phi) is 6.31. The first-order valence-corrected chi connectivity index (χ1v) is 6.91. The van der Waals surface area contributed by atoms with Crippen LogP contribution in [0.2, 0.25) is 0 Å². The van der Waals surface area contributed by atoms with Gasteiger partial charge in [-0.25, -0.2) is 4.79 Å². The summed E-state index contributed by atoms with van der Waals surface area (Å²) in [5, 5.41) is 0. The van der Waals surface area contributed by atoms with Gasteiger partial charge in [0.05, 0.1) is 11.5 Å². The number of carbonyl (C=O) groups excluding carboxylic acids is 1. The maximum absolute atomic E-state index is 11.7. The summed E-state index contributed by atoms with van der Waals surface area (Å²) in [7, 11) is 0. The molecule has 0 aromatic carbocycles. The molecule has 0 aromatic heterocycles. The quantitative estimate of drug-likeness (QED) is 0.689. The highest BCUT2D eigenvalue weighted by molar-refractivity contribution is 8.04. The zero-order chi connectivity index (χ0) is 11.8. The van der Waals surface area contributed by atoms with Crippen LogP contribution in [-0.2, 0) is 9.53 Å². The molecule has 0 unspecified atom stereocenters. The molecule has 0 saturated carbocycles. The zero-order valence-corrected chi connectivity index (χ0v) is 10.9. The SMILES string of the molecule is CCOC(=O)/C1=C(C)/C=C\CCCCCS1. The Labute approximate surface area is 102 Å². The van der Waals surface area contributed by atoms with E-state index in [4.69, 9.17) is 4.74 Å². The van der Waals surface area contributed by atoms with Crippen LogP contribution >= 0.6 is 11.8 Å². The first kappa shape index (κ1) is 13.4. The Bertz CT molecular complexity index is 292. The normalized spacial score (nSPS) is 24.9. The molecule has 90 valence electrons. The van der Waals surface area contributed by atoms with Gasteiger partial charge in [0.15, 0.2) is 0 Å². The van der Waals surface area contributed by atoms with Crippen molar-refractivity contribution in [2.75, 3.05) is 12.4 Å². The first-order chi connectivity index (χ1) is 7.75. The molecular weight excluding hydrogens is 220 g/mol. The van der Waals surface area contributed by atoms with E-state index in [1.807, 2.05) is 19.9 Å². The topological polar surface area (TPSA) is 26.3 Å². The first-order valence-electron chi connectivity index (χ1n) is 5.93. The number of allylic oxidation sites excluding steroid dienone is 3. The predicted molar refractivity (Wildman–Crippen MR) is 69.4 cm³/mol. The molecule has 0 atom stereocenters. The predicted octanol–water partition coefficient (Wildman–Crippen LogP) is 3.69. The van der Waals surface area contributed by atoms with Crippen molar-refractivity contribution in [2.45, 2.75) is 39.5 Å². The number of ether oxygens (including phenoxy) is 1. The molecule has 1 rings (SSSR count). The van der Waals surface area contributed by atoms with E-state index in [1.165, 1.54) is 19.3 Å². The molecule has 0 saturated heterocycles. The number of carbonyl (C=O) groups is 1. The van der Waals surface area contributed by atoms with Gasteiger partial charge in [0, 0.05) is 0 Å². The van der Waals surface area contributed by atoms with Crippen molar-refractivity contribution in [3.05, 3.63) is 22.6 Å². The van der Waals surface area contributed by atoms with Crippen molar-refractivity contribution >= 4 is 17.7 Å². The molecular formula is C13H20O2S. The second-order valence-corrected chi connectivity index (χ2v) is 4.94. The van der Waals surface area contributed by atoms with Gasteiger partial charge in [-0.15, -0.1) is 11.8 Å². The third-order valence-electron chi connectivity index (χ3n) is 2.45. The maximum atomic E-state index is 11.7. The smallest absolute Gasteiger partial charge is 0.344 e. The van der Waals surface area contributed by atoms with Gasteiger partial charge >= 0.3 is 5.97 Å². The minimum absolute atomic E-state index is 0.171. The van der Waals surface area contributed by atoms with Gasteiger partial charge < -0.3 is 4.74 Å². The molecule has 3 heteroatoms. The molecule has 0 spiro atoms. The number of rotatable bonds is 2. The van der Waals surface area contributed by atoms with Crippen molar-refractivity contribution in [3.8, 4) is 0 Å². The van der Waals surface area contributed by atoms with Crippen LogP contribution in [0.4, 0.5) is 0 Å². The Morgan fingerprint density at radius 3 is 3.00 bits per heavy atom. The minimum atomic E-state index is -0.171. The van der Waals surface area contributed by atoms with Crippen molar-refractivity contribution in [3.63, 3.8) is 0 Å². The number of thioether (sulfide) groups is 1. The van der Waals surface area contributed by atoms with Crippen LogP contribution in [0.25, 0.3) is 0 Å². The van der Waals surface area contributed by atoms with E-state index >= 15 is 0 Å². The van der Waals surface area contributed by atoms with Crippen molar-refractivity contribution < 1.29 is 9.53 Å². The lowest BCUT2D eigenvalue weighted by atomic mass is 10.1. The summed E-state index contributed by atoms with van der Waals surface area (Å²) in [6, 6.07) is 0. The second kappa shape index (κ2) is 7.55. The molecule has 1 heterocycles. The monoisotopic (exact) mass is 240 g/mol. The Hall–Kier alpha value is -0.700. The fourth-order valence-corrected chi connectivity index (χ4v) is 2.61. The molecule has 0 bridgehead atoms. The lowest BCUT2D eigenvalue weighted by Crippen LogP contribution is -2.07. The highest BCUT2D eigenvalue weighted by Crippen LogP contribution is 2.25. The molecule has 1 aliphatic heterocycles. The third kappa shape index (κ3) is 4.44. The molecule has 16 heavy (non-hydrogen) atoms. The second-order valence-electron chi connectivity index (χ2n) is 3.83.